The summed E-state index contributed by atoms with van der Waals surface area (Å²) in [5.74, 6) is 1.55. The highest BCUT2D eigenvalue weighted by molar-refractivity contribution is 7.80. The second-order valence-corrected chi connectivity index (χ2v) is 5.29. The molecule has 1 unspecified atom stereocenters. The Morgan fingerprint density at radius 3 is 2.13 bits per heavy atom. The van der Waals surface area contributed by atoms with Gasteiger partial charge in [-0.25, -0.2) is 0 Å². The van der Waals surface area contributed by atoms with Gasteiger partial charge in [-0.3, -0.25) is 0 Å². The zero-order chi connectivity index (χ0) is 11.5. The lowest BCUT2D eigenvalue weighted by atomic mass is 9.85. The van der Waals surface area contributed by atoms with Crippen LogP contribution in [0.1, 0.15) is 51.2 Å². The fourth-order valence-electron chi connectivity index (χ4n) is 1.59. The molecule has 0 radical (unpaired) electrons. The van der Waals surface area contributed by atoms with Gasteiger partial charge in [-0.1, -0.05) is 52.0 Å². The van der Waals surface area contributed by atoms with Gasteiger partial charge in [-0.05, 0) is 34.6 Å². The fraction of sp³-hybridized carbons (Fsp3) is 0.571. The summed E-state index contributed by atoms with van der Waals surface area (Å²) in [6.07, 6.45) is 1.20. The molecule has 84 valence electrons. The molecule has 0 bridgehead atoms. The summed E-state index contributed by atoms with van der Waals surface area (Å²) in [4.78, 5) is 0. The average molecular weight is 222 g/mol. The zero-order valence-corrected chi connectivity index (χ0v) is 11.1. The second kappa shape index (κ2) is 5.07. The molecule has 1 heteroatoms. The van der Waals surface area contributed by atoms with Gasteiger partial charge in [0.2, 0.25) is 0 Å². The third-order valence-electron chi connectivity index (χ3n) is 3.27. The molecular weight excluding hydrogens is 200 g/mol. The second-order valence-electron chi connectivity index (χ2n) is 4.97. The molecule has 0 fully saturated rings. The quantitative estimate of drug-likeness (QED) is 0.717. The lowest BCUT2D eigenvalue weighted by Gasteiger charge is -2.23. The normalized spacial score (nSPS) is 13.9. The molecule has 1 aromatic carbocycles. The highest BCUT2D eigenvalue weighted by atomic mass is 32.1. The van der Waals surface area contributed by atoms with Crippen LogP contribution in [0.25, 0.3) is 0 Å². The van der Waals surface area contributed by atoms with Crippen LogP contribution < -0.4 is 0 Å². The van der Waals surface area contributed by atoms with Crippen LogP contribution in [0.2, 0.25) is 0 Å². The SMILES string of the molecule is CCC(C)c1ccc(C(C)(C)CS)cc1. The maximum atomic E-state index is 4.40. The maximum Gasteiger partial charge on any atom is -0.000584 e. The number of benzene rings is 1. The van der Waals surface area contributed by atoms with Gasteiger partial charge in [-0.2, -0.15) is 12.6 Å². The maximum absolute atomic E-state index is 4.40. The summed E-state index contributed by atoms with van der Waals surface area (Å²) in [7, 11) is 0. The van der Waals surface area contributed by atoms with Crippen molar-refractivity contribution in [2.45, 2.75) is 45.4 Å². The third kappa shape index (κ3) is 3.01. The fourth-order valence-corrected chi connectivity index (χ4v) is 1.77. The lowest BCUT2D eigenvalue weighted by molar-refractivity contribution is 0.603. The molecule has 0 saturated carbocycles. The van der Waals surface area contributed by atoms with Crippen molar-refractivity contribution >= 4 is 12.6 Å². The van der Waals surface area contributed by atoms with Crippen LogP contribution in [0.4, 0.5) is 0 Å². The van der Waals surface area contributed by atoms with Gasteiger partial charge in [0.25, 0.3) is 0 Å². The van der Waals surface area contributed by atoms with Gasteiger partial charge in [0, 0.05) is 0 Å². The Labute approximate surface area is 99.5 Å². The molecule has 0 saturated heterocycles. The van der Waals surface area contributed by atoms with E-state index < -0.39 is 0 Å². The molecule has 0 nitrogen and oxygen atoms in total. The Kier molecular flexibility index (Phi) is 4.27. The van der Waals surface area contributed by atoms with Gasteiger partial charge in [-0.15, -0.1) is 0 Å². The Balaban J connectivity index is 2.90. The third-order valence-corrected chi connectivity index (χ3v) is 4.06. The van der Waals surface area contributed by atoms with Crippen molar-refractivity contribution in [1.82, 2.24) is 0 Å². The van der Waals surface area contributed by atoms with Gasteiger partial charge < -0.3 is 0 Å². The summed E-state index contributed by atoms with van der Waals surface area (Å²) in [6.45, 7) is 8.98. The molecule has 0 aromatic heterocycles. The summed E-state index contributed by atoms with van der Waals surface area (Å²) in [5.41, 5.74) is 3.00. The first-order chi connectivity index (χ1) is 7.01. The van der Waals surface area contributed by atoms with Crippen molar-refractivity contribution in [2.75, 3.05) is 5.75 Å². The van der Waals surface area contributed by atoms with Crippen molar-refractivity contribution < 1.29 is 0 Å². The van der Waals surface area contributed by atoms with E-state index in [9.17, 15) is 0 Å². The van der Waals surface area contributed by atoms with E-state index in [1.807, 2.05) is 0 Å². The van der Waals surface area contributed by atoms with Gasteiger partial charge in [0.05, 0.1) is 0 Å². The summed E-state index contributed by atoms with van der Waals surface area (Å²) in [5, 5.41) is 0. The van der Waals surface area contributed by atoms with Gasteiger partial charge in [0.15, 0.2) is 0 Å². The van der Waals surface area contributed by atoms with Crippen LogP contribution in [0.3, 0.4) is 0 Å². The van der Waals surface area contributed by atoms with Crippen molar-refractivity contribution in [1.29, 1.82) is 0 Å². The number of hydrogen-bond donors (Lipinski definition) is 1. The summed E-state index contributed by atoms with van der Waals surface area (Å²) < 4.78 is 0. The van der Waals surface area contributed by atoms with E-state index in [0.717, 1.165) is 5.75 Å². The highest BCUT2D eigenvalue weighted by Gasteiger charge is 2.18. The van der Waals surface area contributed by atoms with Crippen molar-refractivity contribution in [3.8, 4) is 0 Å². The van der Waals surface area contributed by atoms with E-state index in [1.54, 1.807) is 0 Å². The molecule has 1 aromatic rings. The molecule has 0 aliphatic carbocycles. The Bertz CT molecular complexity index is 298. The van der Waals surface area contributed by atoms with E-state index in [-0.39, 0.29) is 5.41 Å². The zero-order valence-electron chi connectivity index (χ0n) is 10.2. The standard InChI is InChI=1S/C14H22S/c1-5-11(2)12-6-8-13(9-7-12)14(3,4)10-15/h6-9,11,15H,5,10H2,1-4H3. The molecule has 0 N–H and O–H groups in total. The van der Waals surface area contributed by atoms with Gasteiger partial charge in [0.1, 0.15) is 0 Å². The number of thiol groups is 1. The monoisotopic (exact) mass is 222 g/mol. The first kappa shape index (κ1) is 12.6. The summed E-state index contributed by atoms with van der Waals surface area (Å²) in [6, 6.07) is 9.01. The molecule has 1 atom stereocenters. The van der Waals surface area contributed by atoms with E-state index >= 15 is 0 Å². The molecule has 0 aliphatic heterocycles. The topological polar surface area (TPSA) is 0 Å². The van der Waals surface area contributed by atoms with Crippen LogP contribution >= 0.6 is 12.6 Å². The molecule has 15 heavy (non-hydrogen) atoms. The number of rotatable bonds is 4. The van der Waals surface area contributed by atoms with E-state index in [2.05, 4.69) is 64.6 Å². The van der Waals surface area contributed by atoms with Crippen molar-refractivity contribution in [3.05, 3.63) is 35.4 Å². The summed E-state index contributed by atoms with van der Waals surface area (Å²) >= 11 is 4.40. The highest BCUT2D eigenvalue weighted by Crippen LogP contribution is 2.26. The lowest BCUT2D eigenvalue weighted by Crippen LogP contribution is -2.18. The molecule has 0 amide bonds. The van der Waals surface area contributed by atoms with E-state index in [4.69, 9.17) is 0 Å². The minimum Gasteiger partial charge on any atom is -0.178 e. The van der Waals surface area contributed by atoms with Crippen LogP contribution in [0, 0.1) is 0 Å². The first-order valence-corrected chi connectivity index (χ1v) is 6.35. The van der Waals surface area contributed by atoms with Crippen LogP contribution in [-0.4, -0.2) is 5.75 Å². The molecule has 0 aliphatic rings. The van der Waals surface area contributed by atoms with Crippen molar-refractivity contribution in [2.24, 2.45) is 0 Å². The Hall–Kier alpha value is -0.430. The molecule has 0 spiro atoms. The van der Waals surface area contributed by atoms with E-state index in [0.29, 0.717) is 5.92 Å². The van der Waals surface area contributed by atoms with Crippen LogP contribution in [-0.2, 0) is 5.41 Å². The minimum atomic E-state index is 0.178. The molecule has 0 heterocycles. The first-order valence-electron chi connectivity index (χ1n) is 5.72. The molecular formula is C14H22S. The van der Waals surface area contributed by atoms with E-state index in [1.165, 1.54) is 17.5 Å². The minimum absolute atomic E-state index is 0.178. The predicted molar refractivity (Wildman–Crippen MR) is 72.0 cm³/mol. The average Bonchev–Trinajstić information content (AvgIpc) is 2.28. The van der Waals surface area contributed by atoms with Crippen LogP contribution in [0.15, 0.2) is 24.3 Å². The Morgan fingerprint density at radius 2 is 1.73 bits per heavy atom. The molecule has 1 rings (SSSR count). The van der Waals surface area contributed by atoms with Gasteiger partial charge >= 0.3 is 0 Å². The largest absolute Gasteiger partial charge is 0.178 e. The predicted octanol–water partition coefficient (Wildman–Crippen LogP) is 4.41. The van der Waals surface area contributed by atoms with Crippen LogP contribution in [0.5, 0.6) is 0 Å². The van der Waals surface area contributed by atoms with Crippen molar-refractivity contribution in [3.63, 3.8) is 0 Å². The number of hydrogen-bond acceptors (Lipinski definition) is 1. The Morgan fingerprint density at radius 1 is 1.20 bits per heavy atom. The smallest absolute Gasteiger partial charge is 0.000584 e.